The van der Waals surface area contributed by atoms with Crippen LogP contribution in [-0.2, 0) is 9.59 Å². The van der Waals surface area contributed by atoms with Crippen molar-refractivity contribution in [2.75, 3.05) is 9.80 Å². The second kappa shape index (κ2) is 9.73. The van der Waals surface area contributed by atoms with E-state index in [1.807, 2.05) is 58.3 Å². The summed E-state index contributed by atoms with van der Waals surface area (Å²) < 4.78 is 0. The number of nitrogens with zero attached hydrogens (tertiary/aromatic N) is 2. The third-order valence-corrected chi connectivity index (χ3v) is 5.76. The fourth-order valence-corrected chi connectivity index (χ4v) is 4.40. The number of carbonyl (C=O) groups is 2. The van der Waals surface area contributed by atoms with Crippen molar-refractivity contribution >= 4 is 23.2 Å². The summed E-state index contributed by atoms with van der Waals surface area (Å²) >= 11 is 0. The average Bonchev–Trinajstić information content (AvgIpc) is 2.72. The smallest absolute Gasteiger partial charge is 0.227 e. The maximum atomic E-state index is 13.1. The van der Waals surface area contributed by atoms with Gasteiger partial charge in [0.15, 0.2) is 0 Å². The second-order valence-corrected chi connectivity index (χ2v) is 7.96. The van der Waals surface area contributed by atoms with E-state index in [4.69, 9.17) is 0 Å². The van der Waals surface area contributed by atoms with Gasteiger partial charge in [0.2, 0.25) is 11.8 Å². The van der Waals surface area contributed by atoms with Gasteiger partial charge in [-0.3, -0.25) is 9.59 Å². The molecule has 4 nitrogen and oxygen atoms in total. The van der Waals surface area contributed by atoms with Gasteiger partial charge in [0, 0.05) is 30.8 Å². The standard InChI is InChI=1S/C25H32N2O2/c1-4-5-6-10-17-25(29)26-19(2)18-24(22-15-11-12-16-23(22)26)27(20(3)28)21-13-8-7-9-14-21/h7-9,11-16,19,24H,4-6,10,17-18H2,1-3H3. The van der Waals surface area contributed by atoms with Crippen molar-refractivity contribution in [1.29, 1.82) is 0 Å². The number of carbonyl (C=O) groups excluding carboxylic acids is 2. The molecular weight excluding hydrogens is 360 g/mol. The van der Waals surface area contributed by atoms with Gasteiger partial charge < -0.3 is 9.80 Å². The zero-order valence-electron chi connectivity index (χ0n) is 17.8. The van der Waals surface area contributed by atoms with E-state index in [-0.39, 0.29) is 23.9 Å². The largest absolute Gasteiger partial charge is 0.309 e. The van der Waals surface area contributed by atoms with Crippen LogP contribution in [0.3, 0.4) is 0 Å². The lowest BCUT2D eigenvalue weighted by molar-refractivity contribution is -0.119. The summed E-state index contributed by atoms with van der Waals surface area (Å²) in [7, 11) is 0. The zero-order valence-corrected chi connectivity index (χ0v) is 17.8. The number of amides is 2. The Morgan fingerprint density at radius 1 is 1.00 bits per heavy atom. The van der Waals surface area contributed by atoms with Crippen LogP contribution in [0.4, 0.5) is 11.4 Å². The summed E-state index contributed by atoms with van der Waals surface area (Å²) in [6.45, 7) is 5.89. The lowest BCUT2D eigenvalue weighted by Crippen LogP contribution is -2.47. The minimum atomic E-state index is -0.0785. The number of rotatable bonds is 7. The van der Waals surface area contributed by atoms with E-state index in [1.54, 1.807) is 6.92 Å². The van der Waals surface area contributed by atoms with E-state index in [2.05, 4.69) is 19.9 Å². The van der Waals surface area contributed by atoms with E-state index >= 15 is 0 Å². The number of anilines is 2. The van der Waals surface area contributed by atoms with Crippen LogP contribution in [0, 0.1) is 0 Å². The molecule has 29 heavy (non-hydrogen) atoms. The highest BCUT2D eigenvalue weighted by Gasteiger charge is 2.37. The minimum Gasteiger partial charge on any atom is -0.309 e. The van der Waals surface area contributed by atoms with E-state index in [0.717, 1.165) is 36.2 Å². The molecule has 2 aromatic carbocycles. The molecule has 2 amide bonds. The van der Waals surface area contributed by atoms with Crippen LogP contribution in [0.5, 0.6) is 0 Å². The third kappa shape index (κ3) is 4.69. The molecule has 2 atom stereocenters. The molecule has 0 N–H and O–H groups in total. The van der Waals surface area contributed by atoms with Gasteiger partial charge in [0.1, 0.15) is 0 Å². The molecule has 4 heteroatoms. The molecular formula is C25H32N2O2. The molecule has 0 radical (unpaired) electrons. The molecule has 0 aromatic heterocycles. The molecule has 0 aliphatic carbocycles. The van der Waals surface area contributed by atoms with Crippen molar-refractivity contribution in [2.45, 2.75) is 71.4 Å². The lowest BCUT2D eigenvalue weighted by Gasteiger charge is -2.43. The van der Waals surface area contributed by atoms with E-state index in [1.165, 1.54) is 12.8 Å². The van der Waals surface area contributed by atoms with E-state index in [0.29, 0.717) is 6.42 Å². The highest BCUT2D eigenvalue weighted by molar-refractivity contribution is 5.97. The summed E-state index contributed by atoms with van der Waals surface area (Å²) in [4.78, 5) is 29.5. The van der Waals surface area contributed by atoms with Gasteiger partial charge >= 0.3 is 0 Å². The fourth-order valence-electron chi connectivity index (χ4n) is 4.40. The Balaban J connectivity index is 1.92. The Hall–Kier alpha value is -2.62. The number of para-hydroxylation sites is 2. The molecule has 0 fully saturated rings. The number of benzene rings is 2. The number of unbranched alkanes of at least 4 members (excludes halogenated alkanes) is 3. The average molecular weight is 393 g/mol. The summed E-state index contributed by atoms with van der Waals surface area (Å²) in [5, 5.41) is 0. The predicted octanol–water partition coefficient (Wildman–Crippen LogP) is 5.88. The first-order valence-electron chi connectivity index (χ1n) is 10.8. The van der Waals surface area contributed by atoms with Crippen molar-refractivity contribution in [3.63, 3.8) is 0 Å². The van der Waals surface area contributed by atoms with Crippen molar-refractivity contribution < 1.29 is 9.59 Å². The molecule has 3 rings (SSSR count). The van der Waals surface area contributed by atoms with Crippen LogP contribution in [0.2, 0.25) is 0 Å². The molecule has 2 unspecified atom stereocenters. The first-order chi connectivity index (χ1) is 14.0. The fraction of sp³-hybridized carbons (Fsp3) is 0.440. The van der Waals surface area contributed by atoms with Crippen molar-refractivity contribution in [3.8, 4) is 0 Å². The molecule has 154 valence electrons. The van der Waals surface area contributed by atoms with Gasteiger partial charge in [0.05, 0.1) is 6.04 Å². The quantitative estimate of drug-likeness (QED) is 0.552. The molecule has 1 heterocycles. The zero-order chi connectivity index (χ0) is 20.8. The Bertz CT molecular complexity index is 834. The molecule has 0 spiro atoms. The normalized spacial score (nSPS) is 18.2. The van der Waals surface area contributed by atoms with Crippen molar-refractivity contribution in [2.24, 2.45) is 0 Å². The Morgan fingerprint density at radius 2 is 1.69 bits per heavy atom. The predicted molar refractivity (Wildman–Crippen MR) is 119 cm³/mol. The summed E-state index contributed by atoms with van der Waals surface area (Å²) in [6, 6.07) is 17.8. The van der Waals surface area contributed by atoms with E-state index in [9.17, 15) is 9.59 Å². The van der Waals surface area contributed by atoms with Crippen LogP contribution in [0.1, 0.15) is 70.9 Å². The Morgan fingerprint density at radius 3 is 2.38 bits per heavy atom. The van der Waals surface area contributed by atoms with Crippen molar-refractivity contribution in [1.82, 2.24) is 0 Å². The monoisotopic (exact) mass is 392 g/mol. The second-order valence-electron chi connectivity index (χ2n) is 7.96. The molecule has 1 aliphatic heterocycles. The maximum Gasteiger partial charge on any atom is 0.227 e. The molecule has 0 saturated carbocycles. The highest BCUT2D eigenvalue weighted by atomic mass is 16.2. The third-order valence-electron chi connectivity index (χ3n) is 5.76. The summed E-state index contributed by atoms with van der Waals surface area (Å²) in [5.41, 5.74) is 2.89. The van der Waals surface area contributed by atoms with Gasteiger partial charge in [-0.05, 0) is 43.5 Å². The van der Waals surface area contributed by atoms with Crippen LogP contribution in [-0.4, -0.2) is 17.9 Å². The number of hydrogen-bond donors (Lipinski definition) is 0. The maximum absolute atomic E-state index is 13.1. The van der Waals surface area contributed by atoms with Gasteiger partial charge in [-0.1, -0.05) is 62.6 Å². The van der Waals surface area contributed by atoms with Gasteiger partial charge in [-0.15, -0.1) is 0 Å². The van der Waals surface area contributed by atoms with Crippen LogP contribution < -0.4 is 9.80 Å². The van der Waals surface area contributed by atoms with Crippen LogP contribution in [0.15, 0.2) is 54.6 Å². The summed E-state index contributed by atoms with van der Waals surface area (Å²) in [5.74, 6) is 0.205. The first kappa shape index (κ1) is 21.1. The van der Waals surface area contributed by atoms with Crippen LogP contribution >= 0.6 is 0 Å². The van der Waals surface area contributed by atoms with E-state index < -0.39 is 0 Å². The Labute approximate surface area is 174 Å². The molecule has 0 bridgehead atoms. The molecule has 1 aliphatic rings. The molecule has 2 aromatic rings. The van der Waals surface area contributed by atoms with Gasteiger partial charge in [-0.2, -0.15) is 0 Å². The Kier molecular flexibility index (Phi) is 7.08. The topological polar surface area (TPSA) is 40.6 Å². The minimum absolute atomic E-state index is 0.0162. The van der Waals surface area contributed by atoms with Gasteiger partial charge in [0.25, 0.3) is 0 Å². The highest BCUT2D eigenvalue weighted by Crippen LogP contribution is 2.42. The lowest BCUT2D eigenvalue weighted by atomic mass is 9.89. The first-order valence-corrected chi connectivity index (χ1v) is 10.8. The van der Waals surface area contributed by atoms with Crippen LogP contribution in [0.25, 0.3) is 0 Å². The van der Waals surface area contributed by atoms with Gasteiger partial charge in [-0.25, -0.2) is 0 Å². The molecule has 0 saturated heterocycles. The number of fused-ring (bicyclic) bond motifs is 1. The number of hydrogen-bond acceptors (Lipinski definition) is 2. The summed E-state index contributed by atoms with van der Waals surface area (Å²) in [6.07, 6.45) is 5.68. The van der Waals surface area contributed by atoms with Crippen molar-refractivity contribution in [3.05, 3.63) is 60.2 Å². The SMILES string of the molecule is CCCCCCC(=O)N1c2ccccc2C(N(C(C)=O)c2ccccc2)CC1C.